The Hall–Kier alpha value is -3.27. The highest BCUT2D eigenvalue weighted by Crippen LogP contribution is 2.47. The van der Waals surface area contributed by atoms with Crippen LogP contribution in [0.5, 0.6) is 5.75 Å². The summed E-state index contributed by atoms with van der Waals surface area (Å²) < 4.78 is 25.9. The van der Waals surface area contributed by atoms with Crippen molar-refractivity contribution in [3.05, 3.63) is 77.1 Å². The molecule has 0 radical (unpaired) electrons. The fraction of sp³-hybridized carbons (Fsp3) is 0.385. The Morgan fingerprint density at radius 1 is 1.17 bits per heavy atom. The van der Waals surface area contributed by atoms with E-state index >= 15 is 0 Å². The van der Waals surface area contributed by atoms with E-state index in [-0.39, 0.29) is 31.9 Å². The van der Waals surface area contributed by atoms with Crippen LogP contribution < -0.4 is 10.1 Å². The topological polar surface area (TPSA) is 108 Å². The maximum atomic E-state index is 14.5. The second-order valence-electron chi connectivity index (χ2n) is 8.43. The Bertz CT molecular complexity index is 1110. The molecule has 0 aromatic heterocycles. The first kappa shape index (κ1) is 24.8. The lowest BCUT2D eigenvalue weighted by atomic mass is 9.77. The van der Waals surface area contributed by atoms with E-state index in [2.05, 4.69) is 5.32 Å². The molecule has 186 valence electrons. The zero-order valence-electron chi connectivity index (χ0n) is 19.4. The number of halogens is 1. The molecule has 0 spiro atoms. The molecule has 2 amide bonds. The van der Waals surface area contributed by atoms with E-state index in [1.54, 1.807) is 43.3 Å². The van der Waals surface area contributed by atoms with E-state index in [4.69, 9.17) is 9.47 Å². The molecule has 9 heteroatoms. The van der Waals surface area contributed by atoms with E-state index in [1.807, 2.05) is 12.1 Å². The fourth-order valence-electron chi connectivity index (χ4n) is 4.63. The van der Waals surface area contributed by atoms with Crippen molar-refractivity contribution in [3.8, 4) is 5.75 Å². The van der Waals surface area contributed by atoms with Gasteiger partial charge >= 0.3 is 0 Å². The number of benzene rings is 2. The number of carbonyl (C=O) groups excluding carboxylic acids is 2. The molecule has 8 nitrogen and oxygen atoms in total. The minimum absolute atomic E-state index is 0.0471. The summed E-state index contributed by atoms with van der Waals surface area (Å²) in [6, 6.07) is 12.3. The van der Waals surface area contributed by atoms with E-state index < -0.39 is 41.8 Å². The van der Waals surface area contributed by atoms with Crippen LogP contribution in [0.4, 0.5) is 4.39 Å². The molecule has 35 heavy (non-hydrogen) atoms. The number of aliphatic hydroxyl groups is 2. The number of ether oxygens (including phenoxy) is 2. The number of aliphatic hydroxyl groups excluding tert-OH is 2. The van der Waals surface area contributed by atoms with Gasteiger partial charge in [-0.25, -0.2) is 4.39 Å². The molecule has 0 saturated carbocycles. The summed E-state index contributed by atoms with van der Waals surface area (Å²) in [6.07, 6.45) is -0.478. The Balaban J connectivity index is 1.76. The number of hydrogen-bond acceptors (Lipinski definition) is 6. The molecule has 0 unspecified atom stereocenters. The number of rotatable bonds is 9. The summed E-state index contributed by atoms with van der Waals surface area (Å²) in [5.41, 5.74) is 1.33. The normalized spacial score (nSPS) is 22.5. The Morgan fingerprint density at radius 2 is 1.91 bits per heavy atom. The summed E-state index contributed by atoms with van der Waals surface area (Å²) in [4.78, 5) is 27.6. The van der Waals surface area contributed by atoms with Gasteiger partial charge in [0.2, 0.25) is 11.8 Å². The van der Waals surface area contributed by atoms with Crippen LogP contribution in [0, 0.1) is 5.82 Å². The van der Waals surface area contributed by atoms with E-state index in [1.165, 1.54) is 11.0 Å². The van der Waals surface area contributed by atoms with Crippen LogP contribution >= 0.6 is 0 Å². The van der Waals surface area contributed by atoms with Crippen molar-refractivity contribution >= 4 is 11.8 Å². The SMILES string of the molecule is CCOCC(=O)N(Cc1ccccc1F)[C@@H]1C=C(C(=O)NCCO)[C@@H]2c3ccccc3O[C@@H]2[C@H]1O. The minimum atomic E-state index is -1.20. The van der Waals surface area contributed by atoms with Gasteiger partial charge in [-0.2, -0.15) is 0 Å². The number of nitrogens with zero attached hydrogens (tertiary/aromatic N) is 1. The standard InChI is InChI=1S/C26H29FN2O6/c1-2-34-15-22(31)29(14-16-7-3-5-9-19(16)27)20-13-18(26(33)28-11-12-30)23-17-8-4-6-10-21(17)35-25(23)24(20)32/h3-10,13,20,23-25,30,32H,2,11-12,14-15H2,1H3,(H,28,33)/t20-,23+,24+,25+/m1/s1. The first-order valence-corrected chi connectivity index (χ1v) is 11.6. The lowest BCUT2D eigenvalue weighted by molar-refractivity contribution is -0.142. The largest absolute Gasteiger partial charge is 0.486 e. The van der Waals surface area contributed by atoms with Gasteiger partial charge in [0.05, 0.1) is 18.6 Å². The summed E-state index contributed by atoms with van der Waals surface area (Å²) in [6.45, 7) is 1.47. The van der Waals surface area contributed by atoms with Crippen LogP contribution in [0.2, 0.25) is 0 Å². The highest BCUT2D eigenvalue weighted by molar-refractivity contribution is 5.96. The smallest absolute Gasteiger partial charge is 0.249 e. The summed E-state index contributed by atoms with van der Waals surface area (Å²) in [7, 11) is 0. The third kappa shape index (κ3) is 5.07. The summed E-state index contributed by atoms with van der Waals surface area (Å²) >= 11 is 0. The predicted molar refractivity (Wildman–Crippen MR) is 125 cm³/mol. The first-order chi connectivity index (χ1) is 17.0. The number of fused-ring (bicyclic) bond motifs is 3. The van der Waals surface area contributed by atoms with Gasteiger partial charge in [-0.05, 0) is 25.1 Å². The van der Waals surface area contributed by atoms with Crippen molar-refractivity contribution in [3.63, 3.8) is 0 Å². The predicted octanol–water partition coefficient (Wildman–Crippen LogP) is 1.51. The third-order valence-corrected chi connectivity index (χ3v) is 6.29. The van der Waals surface area contributed by atoms with Crippen molar-refractivity contribution in [2.45, 2.75) is 37.6 Å². The molecule has 2 aromatic carbocycles. The number of carbonyl (C=O) groups is 2. The van der Waals surface area contributed by atoms with Gasteiger partial charge in [0, 0.05) is 36.4 Å². The van der Waals surface area contributed by atoms with E-state index in [0.29, 0.717) is 17.9 Å². The van der Waals surface area contributed by atoms with Gasteiger partial charge in [0.15, 0.2) is 0 Å². The fourth-order valence-corrected chi connectivity index (χ4v) is 4.63. The minimum Gasteiger partial charge on any atom is -0.486 e. The molecule has 1 aliphatic carbocycles. The maximum Gasteiger partial charge on any atom is 0.249 e. The quantitative estimate of drug-likeness (QED) is 0.498. The molecule has 4 atom stereocenters. The van der Waals surface area contributed by atoms with Crippen LogP contribution in [-0.4, -0.2) is 71.5 Å². The van der Waals surface area contributed by atoms with Gasteiger partial charge < -0.3 is 29.9 Å². The Labute approximate surface area is 203 Å². The summed E-state index contributed by atoms with van der Waals surface area (Å²) in [5.74, 6) is -1.40. The number of para-hydroxylation sites is 1. The summed E-state index contributed by atoms with van der Waals surface area (Å²) in [5, 5.41) is 23.3. The molecule has 0 bridgehead atoms. The van der Waals surface area contributed by atoms with Crippen molar-refractivity contribution in [2.75, 3.05) is 26.4 Å². The highest BCUT2D eigenvalue weighted by Gasteiger charge is 2.50. The first-order valence-electron chi connectivity index (χ1n) is 11.6. The van der Waals surface area contributed by atoms with Gasteiger partial charge in [0.1, 0.15) is 30.4 Å². The molecule has 1 heterocycles. The van der Waals surface area contributed by atoms with Crippen LogP contribution in [0.1, 0.15) is 24.0 Å². The molecule has 0 saturated heterocycles. The molecule has 2 aromatic rings. The van der Waals surface area contributed by atoms with Crippen LogP contribution in [0.15, 0.2) is 60.2 Å². The van der Waals surface area contributed by atoms with Gasteiger partial charge in [-0.3, -0.25) is 9.59 Å². The average molecular weight is 485 g/mol. The van der Waals surface area contributed by atoms with Crippen LogP contribution in [0.3, 0.4) is 0 Å². The van der Waals surface area contributed by atoms with Gasteiger partial charge in [-0.1, -0.05) is 36.4 Å². The van der Waals surface area contributed by atoms with Crippen LogP contribution in [-0.2, 0) is 20.9 Å². The number of amides is 2. The van der Waals surface area contributed by atoms with Gasteiger partial charge in [-0.15, -0.1) is 0 Å². The zero-order chi connectivity index (χ0) is 24.9. The lowest BCUT2D eigenvalue weighted by Gasteiger charge is -2.40. The molecule has 2 aliphatic rings. The number of hydrogen-bond donors (Lipinski definition) is 3. The van der Waals surface area contributed by atoms with Crippen molar-refractivity contribution in [2.24, 2.45) is 0 Å². The molecular formula is C26H29FN2O6. The molecule has 4 rings (SSSR count). The molecule has 0 fully saturated rings. The number of nitrogens with one attached hydrogen (secondary N) is 1. The second-order valence-corrected chi connectivity index (χ2v) is 8.43. The lowest BCUT2D eigenvalue weighted by Crippen LogP contribution is -2.56. The van der Waals surface area contributed by atoms with Gasteiger partial charge in [0.25, 0.3) is 0 Å². The van der Waals surface area contributed by atoms with Crippen molar-refractivity contribution in [1.82, 2.24) is 10.2 Å². The van der Waals surface area contributed by atoms with Crippen molar-refractivity contribution in [1.29, 1.82) is 0 Å². The van der Waals surface area contributed by atoms with E-state index in [9.17, 15) is 24.2 Å². The Morgan fingerprint density at radius 3 is 2.66 bits per heavy atom. The molecule has 1 aliphatic heterocycles. The highest BCUT2D eigenvalue weighted by atomic mass is 19.1. The molecule has 3 N–H and O–H groups in total. The van der Waals surface area contributed by atoms with Crippen molar-refractivity contribution < 1.29 is 33.7 Å². The maximum absolute atomic E-state index is 14.5. The van der Waals surface area contributed by atoms with Crippen LogP contribution in [0.25, 0.3) is 0 Å². The average Bonchev–Trinajstić information content (AvgIpc) is 3.26. The van der Waals surface area contributed by atoms with E-state index in [0.717, 1.165) is 5.56 Å². The zero-order valence-corrected chi connectivity index (χ0v) is 19.4. The molecular weight excluding hydrogens is 455 g/mol. The monoisotopic (exact) mass is 484 g/mol. The second kappa shape index (κ2) is 11.0. The third-order valence-electron chi connectivity index (χ3n) is 6.29. The Kier molecular flexibility index (Phi) is 7.80.